The van der Waals surface area contributed by atoms with Crippen molar-refractivity contribution in [2.24, 2.45) is 10.4 Å². The average Bonchev–Trinajstić information content (AvgIpc) is 2.26. The molecule has 0 fully saturated rings. The molecule has 0 radical (unpaired) electrons. The molecule has 0 aromatic heterocycles. The third kappa shape index (κ3) is 4.76. The molecule has 0 aliphatic rings. The number of aliphatic imine (C=N–C) groups is 1. The highest BCUT2D eigenvalue weighted by molar-refractivity contribution is 7.76. The molecule has 0 bridgehead atoms. The van der Waals surface area contributed by atoms with Crippen molar-refractivity contribution in [2.75, 3.05) is 13.3 Å². The third-order valence-electron chi connectivity index (χ3n) is 2.75. The highest BCUT2D eigenvalue weighted by atomic mass is 31.2. The molecule has 0 aliphatic carbocycles. The van der Waals surface area contributed by atoms with Crippen LogP contribution in [0.15, 0.2) is 29.3 Å². The lowest BCUT2D eigenvalue weighted by Crippen LogP contribution is -2.16. The minimum Gasteiger partial charge on any atom is -0.282 e. The number of amidine groups is 1. The van der Waals surface area contributed by atoms with Gasteiger partial charge in [0.25, 0.3) is 0 Å². The predicted molar refractivity (Wildman–Crippen MR) is 90.5 cm³/mol. The zero-order chi connectivity index (χ0) is 14.8. The lowest BCUT2D eigenvalue weighted by molar-refractivity contribution is 0.602. The fourth-order valence-corrected chi connectivity index (χ4v) is 2.38. The summed E-state index contributed by atoms with van der Waals surface area (Å²) in [5.41, 5.74) is 1.52. The summed E-state index contributed by atoms with van der Waals surface area (Å²) < 4.78 is 0. The smallest absolute Gasteiger partial charge is 0.168 e. The maximum atomic E-state index is 10.1. The largest absolute Gasteiger partial charge is 0.282 e. The Morgan fingerprint density at radius 3 is 2.37 bits per heavy atom. The number of benzene rings is 1. The van der Waals surface area contributed by atoms with Gasteiger partial charge in [0.15, 0.2) is 13.3 Å². The molecule has 0 aliphatic heterocycles. The summed E-state index contributed by atoms with van der Waals surface area (Å²) >= 11 is 0. The van der Waals surface area contributed by atoms with Gasteiger partial charge in [-0.1, -0.05) is 42.1 Å². The summed E-state index contributed by atoms with van der Waals surface area (Å²) in [5.74, 6) is 0.232. The normalized spacial score (nSPS) is 13.5. The monoisotopic (exact) mass is 297 g/mol. The standard InChI is InChI=1S/C14H23N2OP2/c1-14(2,3)13(18)16-12(15)10-7-6-8-11(9-10)19(4,5)17/h6-9,15,17H,18H2,1-5H3/q+1. The fourth-order valence-electron chi connectivity index (χ4n) is 1.35. The van der Waals surface area contributed by atoms with Crippen LogP contribution in [-0.4, -0.2) is 29.5 Å². The molecule has 1 aromatic rings. The third-order valence-corrected chi connectivity index (χ3v) is 5.29. The average molecular weight is 297 g/mol. The van der Waals surface area contributed by atoms with Crippen LogP contribution < -0.4 is 5.30 Å². The van der Waals surface area contributed by atoms with Crippen molar-refractivity contribution in [1.29, 1.82) is 5.41 Å². The van der Waals surface area contributed by atoms with Gasteiger partial charge in [0.05, 0.1) is 13.3 Å². The van der Waals surface area contributed by atoms with Crippen LogP contribution in [0.2, 0.25) is 0 Å². The van der Waals surface area contributed by atoms with Gasteiger partial charge in [-0.15, -0.1) is 0 Å². The zero-order valence-corrected chi connectivity index (χ0v) is 14.3. The first-order valence-electron chi connectivity index (χ1n) is 6.13. The highest BCUT2D eigenvalue weighted by Crippen LogP contribution is 2.44. The minimum atomic E-state index is -2.05. The molecule has 1 unspecified atom stereocenters. The molecular weight excluding hydrogens is 274 g/mol. The first-order chi connectivity index (χ1) is 8.51. The topological polar surface area (TPSA) is 56.4 Å². The molecule has 104 valence electrons. The zero-order valence-electron chi connectivity index (χ0n) is 12.2. The van der Waals surface area contributed by atoms with Gasteiger partial charge in [0.2, 0.25) is 0 Å². The fraction of sp³-hybridized carbons (Fsp3) is 0.429. The second kappa shape index (κ2) is 5.79. The SMILES string of the molecule is CC(C)(C)C(P)=NC(=N)c1cccc([P+](C)(C)O)c1. The van der Waals surface area contributed by atoms with Crippen molar-refractivity contribution in [2.45, 2.75) is 20.8 Å². The van der Waals surface area contributed by atoms with Crippen molar-refractivity contribution in [3.05, 3.63) is 29.8 Å². The summed E-state index contributed by atoms with van der Waals surface area (Å²) in [6, 6.07) is 7.48. The van der Waals surface area contributed by atoms with E-state index >= 15 is 0 Å². The Balaban J connectivity index is 3.09. The number of rotatable bonds is 2. The molecule has 0 saturated heterocycles. The Bertz CT molecular complexity index is 511. The molecule has 0 amide bonds. The lowest BCUT2D eigenvalue weighted by Gasteiger charge is -2.17. The summed E-state index contributed by atoms with van der Waals surface area (Å²) in [6.45, 7) is 9.87. The van der Waals surface area contributed by atoms with Crippen LogP contribution in [0.3, 0.4) is 0 Å². The van der Waals surface area contributed by atoms with Gasteiger partial charge in [0.1, 0.15) is 5.30 Å². The first kappa shape index (κ1) is 16.4. The molecule has 5 heteroatoms. The van der Waals surface area contributed by atoms with Gasteiger partial charge in [-0.25, -0.2) is 9.89 Å². The van der Waals surface area contributed by atoms with Crippen molar-refractivity contribution >= 4 is 33.3 Å². The Kier molecular flexibility index (Phi) is 5.01. The van der Waals surface area contributed by atoms with Crippen LogP contribution in [0, 0.1) is 10.8 Å². The van der Waals surface area contributed by atoms with Crippen molar-refractivity contribution in [3.8, 4) is 0 Å². The minimum absolute atomic E-state index is 0.0716. The van der Waals surface area contributed by atoms with E-state index in [4.69, 9.17) is 5.41 Å². The maximum absolute atomic E-state index is 10.1. The van der Waals surface area contributed by atoms with E-state index in [-0.39, 0.29) is 11.3 Å². The number of hydrogen-bond donors (Lipinski definition) is 2. The van der Waals surface area contributed by atoms with Gasteiger partial charge < -0.3 is 0 Å². The Labute approximate surface area is 118 Å². The molecular formula is C14H23N2OP2+. The quantitative estimate of drug-likeness (QED) is 0.492. The van der Waals surface area contributed by atoms with Crippen LogP contribution in [0.4, 0.5) is 0 Å². The van der Waals surface area contributed by atoms with Crippen molar-refractivity contribution in [3.63, 3.8) is 0 Å². The second-order valence-electron chi connectivity index (χ2n) is 6.04. The van der Waals surface area contributed by atoms with Crippen LogP contribution in [0.5, 0.6) is 0 Å². The molecule has 0 heterocycles. The first-order valence-corrected chi connectivity index (χ1v) is 9.34. The van der Waals surface area contributed by atoms with E-state index in [9.17, 15) is 4.89 Å². The molecule has 1 aromatic carbocycles. The van der Waals surface area contributed by atoms with Crippen molar-refractivity contribution < 1.29 is 4.89 Å². The van der Waals surface area contributed by atoms with E-state index in [2.05, 4.69) is 35.0 Å². The Morgan fingerprint density at radius 2 is 1.89 bits per heavy atom. The molecule has 3 nitrogen and oxygen atoms in total. The van der Waals surface area contributed by atoms with Gasteiger partial charge in [-0.3, -0.25) is 5.41 Å². The van der Waals surface area contributed by atoms with Crippen LogP contribution in [0.1, 0.15) is 26.3 Å². The van der Waals surface area contributed by atoms with Crippen LogP contribution in [0.25, 0.3) is 0 Å². The predicted octanol–water partition coefficient (Wildman–Crippen LogP) is 3.14. The molecule has 1 rings (SSSR count). The van der Waals surface area contributed by atoms with Gasteiger partial charge >= 0.3 is 0 Å². The van der Waals surface area contributed by atoms with E-state index in [1.807, 2.05) is 37.6 Å². The molecule has 0 spiro atoms. The van der Waals surface area contributed by atoms with E-state index < -0.39 is 7.49 Å². The Hall–Kier alpha value is -0.620. The summed E-state index contributed by atoms with van der Waals surface area (Å²) in [6.07, 6.45) is 0. The maximum Gasteiger partial charge on any atom is 0.168 e. The highest BCUT2D eigenvalue weighted by Gasteiger charge is 2.25. The summed E-state index contributed by atoms with van der Waals surface area (Å²) in [5, 5.41) is 8.97. The number of hydrogen-bond acceptors (Lipinski definition) is 2. The lowest BCUT2D eigenvalue weighted by atomic mass is 9.98. The number of nitrogens with zero attached hydrogens (tertiary/aromatic N) is 1. The summed E-state index contributed by atoms with van der Waals surface area (Å²) in [4.78, 5) is 14.4. The van der Waals surface area contributed by atoms with Crippen LogP contribution >= 0.6 is 16.7 Å². The van der Waals surface area contributed by atoms with Gasteiger partial charge in [-0.05, 0) is 12.1 Å². The van der Waals surface area contributed by atoms with Gasteiger partial charge in [0, 0.05) is 16.4 Å². The summed E-state index contributed by atoms with van der Waals surface area (Å²) in [7, 11) is 0.550. The number of nitrogens with one attached hydrogen (secondary N) is 1. The van der Waals surface area contributed by atoms with E-state index in [0.717, 1.165) is 16.3 Å². The van der Waals surface area contributed by atoms with Crippen LogP contribution in [-0.2, 0) is 0 Å². The molecule has 0 saturated carbocycles. The van der Waals surface area contributed by atoms with E-state index in [1.54, 1.807) is 0 Å². The van der Waals surface area contributed by atoms with Crippen molar-refractivity contribution in [1.82, 2.24) is 0 Å². The molecule has 2 N–H and O–H groups in total. The second-order valence-corrected chi connectivity index (χ2v) is 9.89. The van der Waals surface area contributed by atoms with E-state index in [1.165, 1.54) is 0 Å². The van der Waals surface area contributed by atoms with E-state index in [0.29, 0.717) is 0 Å². The molecule has 1 atom stereocenters. The van der Waals surface area contributed by atoms with Gasteiger partial charge in [-0.2, -0.15) is 0 Å². The Morgan fingerprint density at radius 1 is 1.32 bits per heavy atom. The molecule has 19 heavy (non-hydrogen) atoms.